The van der Waals surface area contributed by atoms with E-state index in [0.717, 1.165) is 37.7 Å². The molecule has 0 heterocycles. The van der Waals surface area contributed by atoms with Crippen molar-refractivity contribution in [3.05, 3.63) is 35.4 Å². The first-order chi connectivity index (χ1) is 7.83. The van der Waals surface area contributed by atoms with E-state index >= 15 is 0 Å². The zero-order valence-electron chi connectivity index (χ0n) is 9.60. The summed E-state index contributed by atoms with van der Waals surface area (Å²) in [6.45, 7) is 0.227. The Bertz CT molecular complexity index is 333. The number of fused-ring (bicyclic) bond motifs is 1. The first-order valence-corrected chi connectivity index (χ1v) is 6.19. The van der Waals surface area contributed by atoms with E-state index in [0.29, 0.717) is 5.92 Å². The number of aliphatic hydroxyl groups is 2. The van der Waals surface area contributed by atoms with Gasteiger partial charge in [0.05, 0.1) is 6.10 Å². The van der Waals surface area contributed by atoms with Gasteiger partial charge in [0, 0.05) is 6.61 Å². The molecule has 88 valence electrons. The van der Waals surface area contributed by atoms with Gasteiger partial charge in [0.15, 0.2) is 0 Å². The molecule has 0 saturated carbocycles. The van der Waals surface area contributed by atoms with Crippen LogP contribution in [0.2, 0.25) is 0 Å². The van der Waals surface area contributed by atoms with Crippen LogP contribution in [-0.4, -0.2) is 16.8 Å². The van der Waals surface area contributed by atoms with E-state index in [1.165, 1.54) is 5.56 Å². The van der Waals surface area contributed by atoms with Crippen LogP contribution < -0.4 is 0 Å². The van der Waals surface area contributed by atoms with Crippen LogP contribution in [0.15, 0.2) is 24.3 Å². The van der Waals surface area contributed by atoms with Gasteiger partial charge < -0.3 is 10.2 Å². The minimum absolute atomic E-state index is 0.227. The summed E-state index contributed by atoms with van der Waals surface area (Å²) in [5.74, 6) is 0.316. The molecule has 0 bridgehead atoms. The highest BCUT2D eigenvalue weighted by Gasteiger charge is 2.24. The summed E-state index contributed by atoms with van der Waals surface area (Å²) >= 11 is 0. The highest BCUT2D eigenvalue weighted by molar-refractivity contribution is 5.30. The van der Waals surface area contributed by atoms with E-state index in [1.807, 2.05) is 18.2 Å². The van der Waals surface area contributed by atoms with Crippen molar-refractivity contribution < 1.29 is 10.2 Å². The van der Waals surface area contributed by atoms with Crippen LogP contribution in [0.4, 0.5) is 0 Å². The first-order valence-electron chi connectivity index (χ1n) is 6.19. The van der Waals surface area contributed by atoms with Crippen molar-refractivity contribution in [3.63, 3.8) is 0 Å². The Labute approximate surface area is 96.9 Å². The van der Waals surface area contributed by atoms with E-state index in [-0.39, 0.29) is 12.7 Å². The lowest BCUT2D eigenvalue weighted by molar-refractivity contribution is 0.0945. The van der Waals surface area contributed by atoms with Crippen LogP contribution in [0.3, 0.4) is 0 Å². The van der Waals surface area contributed by atoms with Gasteiger partial charge in [-0.05, 0) is 49.1 Å². The van der Waals surface area contributed by atoms with E-state index in [4.69, 9.17) is 5.11 Å². The predicted molar refractivity (Wildman–Crippen MR) is 64.1 cm³/mol. The van der Waals surface area contributed by atoms with Crippen LogP contribution in [0.5, 0.6) is 0 Å². The van der Waals surface area contributed by atoms with E-state index < -0.39 is 0 Å². The Hall–Kier alpha value is -0.860. The molecule has 2 atom stereocenters. The average molecular weight is 220 g/mol. The molecule has 2 heteroatoms. The molecule has 1 aromatic rings. The van der Waals surface area contributed by atoms with Crippen LogP contribution in [-0.2, 0) is 6.42 Å². The Morgan fingerprint density at radius 2 is 2.06 bits per heavy atom. The molecule has 1 aliphatic carbocycles. The lowest BCUT2D eigenvalue weighted by Gasteiger charge is -2.21. The molecule has 0 radical (unpaired) electrons. The Balaban J connectivity index is 2.16. The second-order valence-electron chi connectivity index (χ2n) is 4.66. The van der Waals surface area contributed by atoms with Crippen LogP contribution >= 0.6 is 0 Å². The number of rotatable bonds is 3. The number of hydrogen-bond donors (Lipinski definition) is 2. The summed E-state index contributed by atoms with van der Waals surface area (Å²) < 4.78 is 0. The molecule has 0 fully saturated rings. The molecule has 0 amide bonds. The summed E-state index contributed by atoms with van der Waals surface area (Å²) in [4.78, 5) is 0. The minimum atomic E-state index is -0.342. The summed E-state index contributed by atoms with van der Waals surface area (Å²) in [6, 6.07) is 8.19. The fourth-order valence-corrected chi connectivity index (χ4v) is 2.67. The standard InChI is InChI=1S/C14H20O2/c15-10-4-8-12-7-3-6-11-5-1-2-9-13(11)14(12)16/h1-2,5,9,12,14-16H,3-4,6-8,10H2. The quantitative estimate of drug-likeness (QED) is 0.768. The number of aliphatic hydroxyl groups excluding tert-OH is 2. The minimum Gasteiger partial charge on any atom is -0.396 e. The molecule has 2 rings (SSSR count). The van der Waals surface area contributed by atoms with E-state index in [1.54, 1.807) is 0 Å². The maximum Gasteiger partial charge on any atom is 0.0820 e. The van der Waals surface area contributed by atoms with Gasteiger partial charge in [-0.1, -0.05) is 24.3 Å². The molecule has 2 N–H and O–H groups in total. The van der Waals surface area contributed by atoms with Crippen molar-refractivity contribution in [2.75, 3.05) is 6.61 Å². The third-order valence-corrected chi connectivity index (χ3v) is 3.57. The normalized spacial score (nSPS) is 24.9. The molecule has 1 aliphatic rings. The maximum absolute atomic E-state index is 10.3. The maximum atomic E-state index is 10.3. The van der Waals surface area contributed by atoms with Gasteiger partial charge in [0.2, 0.25) is 0 Å². The van der Waals surface area contributed by atoms with Gasteiger partial charge in [0.25, 0.3) is 0 Å². The summed E-state index contributed by atoms with van der Waals surface area (Å²) in [6.07, 6.45) is 4.66. The number of benzene rings is 1. The summed E-state index contributed by atoms with van der Waals surface area (Å²) in [5.41, 5.74) is 2.39. The van der Waals surface area contributed by atoms with Crippen LogP contribution in [0.1, 0.15) is 42.9 Å². The predicted octanol–water partition coefficient (Wildman–Crippen LogP) is 2.45. The molecular formula is C14H20O2. The third-order valence-electron chi connectivity index (χ3n) is 3.57. The van der Waals surface area contributed by atoms with Gasteiger partial charge in [-0.2, -0.15) is 0 Å². The van der Waals surface area contributed by atoms with E-state index in [9.17, 15) is 5.11 Å². The van der Waals surface area contributed by atoms with E-state index in [2.05, 4.69) is 6.07 Å². The number of aryl methyl sites for hydroxylation is 1. The topological polar surface area (TPSA) is 40.5 Å². The second kappa shape index (κ2) is 5.46. The molecule has 0 spiro atoms. The van der Waals surface area contributed by atoms with Crippen molar-refractivity contribution in [2.45, 2.75) is 38.2 Å². The largest absolute Gasteiger partial charge is 0.396 e. The van der Waals surface area contributed by atoms with Crippen LogP contribution in [0, 0.1) is 5.92 Å². The Kier molecular flexibility index (Phi) is 3.97. The van der Waals surface area contributed by atoms with Gasteiger partial charge in [0.1, 0.15) is 0 Å². The molecule has 2 nitrogen and oxygen atoms in total. The summed E-state index contributed by atoms with van der Waals surface area (Å²) in [7, 11) is 0. The molecule has 0 aromatic heterocycles. The van der Waals surface area contributed by atoms with Crippen molar-refractivity contribution in [1.29, 1.82) is 0 Å². The zero-order valence-corrected chi connectivity index (χ0v) is 9.60. The average Bonchev–Trinajstić information content (AvgIpc) is 2.47. The highest BCUT2D eigenvalue weighted by atomic mass is 16.3. The number of hydrogen-bond acceptors (Lipinski definition) is 2. The fourth-order valence-electron chi connectivity index (χ4n) is 2.67. The third kappa shape index (κ3) is 2.45. The van der Waals surface area contributed by atoms with Gasteiger partial charge in [-0.3, -0.25) is 0 Å². The van der Waals surface area contributed by atoms with Crippen molar-refractivity contribution in [3.8, 4) is 0 Å². The van der Waals surface area contributed by atoms with Gasteiger partial charge in [-0.15, -0.1) is 0 Å². The lowest BCUT2D eigenvalue weighted by atomic mass is 9.90. The zero-order chi connectivity index (χ0) is 11.4. The van der Waals surface area contributed by atoms with Gasteiger partial charge in [-0.25, -0.2) is 0 Å². The monoisotopic (exact) mass is 220 g/mol. The van der Waals surface area contributed by atoms with Crippen molar-refractivity contribution in [2.24, 2.45) is 5.92 Å². The molecule has 0 saturated heterocycles. The summed E-state index contributed by atoms with van der Waals surface area (Å²) in [5, 5.41) is 19.2. The highest BCUT2D eigenvalue weighted by Crippen LogP contribution is 2.35. The SMILES string of the molecule is OCCCC1CCCc2ccccc2C1O. The first kappa shape index (κ1) is 11.6. The smallest absolute Gasteiger partial charge is 0.0820 e. The van der Waals surface area contributed by atoms with Gasteiger partial charge >= 0.3 is 0 Å². The molecular weight excluding hydrogens is 200 g/mol. The molecule has 16 heavy (non-hydrogen) atoms. The Morgan fingerprint density at radius 3 is 2.88 bits per heavy atom. The molecule has 2 unspecified atom stereocenters. The lowest BCUT2D eigenvalue weighted by Crippen LogP contribution is -2.12. The molecule has 1 aromatic carbocycles. The van der Waals surface area contributed by atoms with Crippen LogP contribution in [0.25, 0.3) is 0 Å². The van der Waals surface area contributed by atoms with Crippen molar-refractivity contribution >= 4 is 0 Å². The second-order valence-corrected chi connectivity index (χ2v) is 4.66. The van der Waals surface area contributed by atoms with Crippen molar-refractivity contribution in [1.82, 2.24) is 0 Å². The molecule has 0 aliphatic heterocycles. The fraction of sp³-hybridized carbons (Fsp3) is 0.571. The Morgan fingerprint density at radius 1 is 1.25 bits per heavy atom.